The highest BCUT2D eigenvalue weighted by atomic mass is 35.5. The van der Waals surface area contributed by atoms with Gasteiger partial charge in [0.25, 0.3) is 5.56 Å². The van der Waals surface area contributed by atoms with Crippen molar-refractivity contribution in [2.75, 3.05) is 6.54 Å². The molecule has 0 aliphatic carbocycles. The summed E-state index contributed by atoms with van der Waals surface area (Å²) < 4.78 is 13.2. The van der Waals surface area contributed by atoms with Gasteiger partial charge in [-0.3, -0.25) is 9.69 Å². The van der Waals surface area contributed by atoms with Crippen molar-refractivity contribution < 1.29 is 4.39 Å². The van der Waals surface area contributed by atoms with Crippen molar-refractivity contribution in [3.05, 3.63) is 74.9 Å². The van der Waals surface area contributed by atoms with E-state index >= 15 is 0 Å². The molecule has 0 saturated carbocycles. The van der Waals surface area contributed by atoms with Crippen LogP contribution in [-0.4, -0.2) is 31.4 Å². The van der Waals surface area contributed by atoms with E-state index in [-0.39, 0.29) is 11.4 Å². The van der Waals surface area contributed by atoms with Crippen molar-refractivity contribution in [1.29, 1.82) is 0 Å². The number of aromatic amines is 1. The van der Waals surface area contributed by atoms with Crippen LogP contribution in [0.15, 0.2) is 41.7 Å². The smallest absolute Gasteiger partial charge is 0.254 e. The van der Waals surface area contributed by atoms with Crippen molar-refractivity contribution in [2.24, 2.45) is 0 Å². The number of hydrogen-bond acceptors (Lipinski definition) is 5. The lowest BCUT2D eigenvalue weighted by Crippen LogP contribution is -2.35. The van der Waals surface area contributed by atoms with Crippen LogP contribution in [0.1, 0.15) is 16.8 Å². The van der Waals surface area contributed by atoms with E-state index in [2.05, 4.69) is 24.8 Å². The Morgan fingerprint density at radius 1 is 1.27 bits per heavy atom. The van der Waals surface area contributed by atoms with Crippen LogP contribution in [0.4, 0.5) is 4.39 Å². The molecule has 1 aliphatic rings. The van der Waals surface area contributed by atoms with Gasteiger partial charge >= 0.3 is 0 Å². The van der Waals surface area contributed by atoms with E-state index in [9.17, 15) is 9.18 Å². The number of H-pyrrole nitrogens is 1. The predicted molar refractivity (Wildman–Crippen MR) is 95.1 cm³/mol. The number of benzene rings is 1. The number of halogens is 2. The Balaban J connectivity index is 1.61. The molecule has 4 rings (SSSR count). The van der Waals surface area contributed by atoms with Gasteiger partial charge in [0.1, 0.15) is 18.0 Å². The zero-order valence-electron chi connectivity index (χ0n) is 13.7. The molecule has 3 aromatic rings. The van der Waals surface area contributed by atoms with Crippen LogP contribution < -0.4 is 5.56 Å². The molecule has 0 fully saturated rings. The third-order valence-corrected chi connectivity index (χ3v) is 4.75. The summed E-state index contributed by atoms with van der Waals surface area (Å²) in [6.45, 7) is 1.80. The Labute approximate surface area is 153 Å². The average Bonchev–Trinajstić information content (AvgIpc) is 2.64. The fraction of sp³-hybridized carbons (Fsp3) is 0.222. The SMILES string of the molecule is O=c1[nH]c(-c2cncnc2)nc2c1CCN(Cc1ccc(F)cc1Cl)C2. The summed E-state index contributed by atoms with van der Waals surface area (Å²) in [6.07, 6.45) is 5.24. The Hall–Kier alpha value is -2.64. The molecular formula is C18H15ClFN5O. The van der Waals surface area contributed by atoms with Gasteiger partial charge in [0.15, 0.2) is 0 Å². The molecule has 2 aromatic heterocycles. The molecular weight excluding hydrogens is 357 g/mol. The number of fused-ring (bicyclic) bond motifs is 1. The summed E-state index contributed by atoms with van der Waals surface area (Å²) in [4.78, 5) is 29.9. The highest BCUT2D eigenvalue weighted by Crippen LogP contribution is 2.23. The molecule has 0 radical (unpaired) electrons. The molecule has 0 atom stereocenters. The van der Waals surface area contributed by atoms with E-state index in [1.807, 2.05) is 0 Å². The first-order valence-corrected chi connectivity index (χ1v) is 8.51. The lowest BCUT2D eigenvalue weighted by atomic mass is 10.1. The summed E-state index contributed by atoms with van der Waals surface area (Å²) in [7, 11) is 0. The molecule has 3 heterocycles. The van der Waals surface area contributed by atoms with E-state index in [4.69, 9.17) is 11.6 Å². The highest BCUT2D eigenvalue weighted by Gasteiger charge is 2.22. The number of aromatic nitrogens is 4. The van der Waals surface area contributed by atoms with Gasteiger partial charge in [-0.2, -0.15) is 0 Å². The molecule has 0 saturated heterocycles. The first-order chi connectivity index (χ1) is 12.6. The number of nitrogens with one attached hydrogen (secondary N) is 1. The summed E-state index contributed by atoms with van der Waals surface area (Å²) in [5.41, 5.74) is 2.81. The highest BCUT2D eigenvalue weighted by molar-refractivity contribution is 6.31. The summed E-state index contributed by atoms with van der Waals surface area (Å²) in [5.74, 6) is 0.0988. The average molecular weight is 372 g/mol. The summed E-state index contributed by atoms with van der Waals surface area (Å²) in [5, 5.41) is 0.400. The molecule has 6 nitrogen and oxygen atoms in total. The summed E-state index contributed by atoms with van der Waals surface area (Å²) in [6, 6.07) is 4.39. The minimum Gasteiger partial charge on any atom is -0.306 e. The van der Waals surface area contributed by atoms with E-state index in [0.29, 0.717) is 48.0 Å². The molecule has 0 bridgehead atoms. The van der Waals surface area contributed by atoms with Gasteiger partial charge < -0.3 is 4.98 Å². The quantitative estimate of drug-likeness (QED) is 0.766. The van der Waals surface area contributed by atoms with E-state index in [1.54, 1.807) is 18.5 Å². The molecule has 1 aliphatic heterocycles. The van der Waals surface area contributed by atoms with Crippen LogP contribution in [0.3, 0.4) is 0 Å². The maximum atomic E-state index is 13.2. The van der Waals surface area contributed by atoms with Crippen molar-refractivity contribution in [1.82, 2.24) is 24.8 Å². The zero-order valence-corrected chi connectivity index (χ0v) is 14.5. The molecule has 0 unspecified atom stereocenters. The van der Waals surface area contributed by atoms with Gasteiger partial charge in [-0.15, -0.1) is 0 Å². The normalized spacial score (nSPS) is 14.2. The summed E-state index contributed by atoms with van der Waals surface area (Å²) >= 11 is 6.13. The molecule has 132 valence electrons. The first kappa shape index (κ1) is 16.8. The second-order valence-electron chi connectivity index (χ2n) is 6.16. The van der Waals surface area contributed by atoms with Gasteiger partial charge in [0.2, 0.25) is 0 Å². The van der Waals surface area contributed by atoms with Gasteiger partial charge in [-0.1, -0.05) is 17.7 Å². The Morgan fingerprint density at radius 2 is 2.08 bits per heavy atom. The lowest BCUT2D eigenvalue weighted by molar-refractivity contribution is 0.240. The van der Waals surface area contributed by atoms with E-state index in [0.717, 1.165) is 11.3 Å². The van der Waals surface area contributed by atoms with Gasteiger partial charge in [-0.05, 0) is 24.1 Å². The van der Waals surface area contributed by atoms with E-state index < -0.39 is 0 Å². The number of rotatable bonds is 3. The van der Waals surface area contributed by atoms with Gasteiger partial charge in [0.05, 0.1) is 11.3 Å². The second-order valence-corrected chi connectivity index (χ2v) is 6.57. The fourth-order valence-electron chi connectivity index (χ4n) is 3.08. The van der Waals surface area contributed by atoms with Gasteiger partial charge in [0, 0.05) is 42.6 Å². The second kappa shape index (κ2) is 6.93. The number of nitrogens with zero attached hydrogens (tertiary/aromatic N) is 4. The van der Waals surface area contributed by atoms with Crippen LogP contribution in [0, 0.1) is 5.82 Å². The third-order valence-electron chi connectivity index (χ3n) is 4.40. The minimum atomic E-state index is -0.356. The Morgan fingerprint density at radius 3 is 2.85 bits per heavy atom. The number of hydrogen-bond donors (Lipinski definition) is 1. The Bertz CT molecular complexity index is 1010. The lowest BCUT2D eigenvalue weighted by Gasteiger charge is -2.28. The molecule has 1 aromatic carbocycles. The minimum absolute atomic E-state index is 0.131. The van der Waals surface area contributed by atoms with Crippen LogP contribution in [0.25, 0.3) is 11.4 Å². The van der Waals surface area contributed by atoms with E-state index in [1.165, 1.54) is 18.5 Å². The van der Waals surface area contributed by atoms with Crippen LogP contribution in [0.2, 0.25) is 5.02 Å². The van der Waals surface area contributed by atoms with Crippen LogP contribution >= 0.6 is 11.6 Å². The zero-order chi connectivity index (χ0) is 18.1. The maximum Gasteiger partial charge on any atom is 0.254 e. The standard InChI is InChI=1S/C18H15ClFN5O/c19-15-5-13(20)2-1-11(15)8-25-4-3-14-16(9-25)23-17(24-18(14)26)12-6-21-10-22-7-12/h1-2,5-7,10H,3-4,8-9H2,(H,23,24,26). The molecule has 0 spiro atoms. The van der Waals surface area contributed by atoms with Crippen molar-refractivity contribution >= 4 is 11.6 Å². The van der Waals surface area contributed by atoms with Crippen molar-refractivity contribution in [2.45, 2.75) is 19.5 Å². The van der Waals surface area contributed by atoms with Gasteiger partial charge in [-0.25, -0.2) is 19.3 Å². The maximum absolute atomic E-state index is 13.2. The Kier molecular flexibility index (Phi) is 4.48. The predicted octanol–water partition coefficient (Wildman–Crippen LogP) is 2.58. The third kappa shape index (κ3) is 3.36. The van der Waals surface area contributed by atoms with Crippen LogP contribution in [-0.2, 0) is 19.5 Å². The van der Waals surface area contributed by atoms with Crippen molar-refractivity contribution in [3.63, 3.8) is 0 Å². The molecule has 26 heavy (non-hydrogen) atoms. The molecule has 0 amide bonds. The fourth-order valence-corrected chi connectivity index (χ4v) is 3.30. The largest absolute Gasteiger partial charge is 0.306 e. The van der Waals surface area contributed by atoms with Crippen molar-refractivity contribution in [3.8, 4) is 11.4 Å². The monoisotopic (exact) mass is 371 g/mol. The topological polar surface area (TPSA) is 74.8 Å². The molecule has 8 heteroatoms. The van der Waals surface area contributed by atoms with Crippen LogP contribution in [0.5, 0.6) is 0 Å². The molecule has 1 N–H and O–H groups in total. The first-order valence-electron chi connectivity index (χ1n) is 8.14.